The van der Waals surface area contributed by atoms with Crippen LogP contribution in [0.4, 0.5) is 4.79 Å². The first kappa shape index (κ1) is 72.4. The van der Waals surface area contributed by atoms with E-state index < -0.39 is 6.16 Å². The van der Waals surface area contributed by atoms with Crippen molar-refractivity contribution in [1.29, 1.82) is 0 Å². The van der Waals surface area contributed by atoms with E-state index in [4.69, 9.17) is 14.2 Å². The Hall–Kier alpha value is -2.04. The number of ether oxygens (including phenoxy) is 3. The van der Waals surface area contributed by atoms with Crippen molar-refractivity contribution in [3.63, 3.8) is 0 Å². The number of carbonyl (C=O) groups excluding carboxylic acids is 2. The van der Waals surface area contributed by atoms with E-state index in [1.807, 2.05) is 0 Å². The summed E-state index contributed by atoms with van der Waals surface area (Å²) in [6.45, 7) is 30.2. The van der Waals surface area contributed by atoms with Crippen LogP contribution in [0.15, 0.2) is 35.5 Å². The summed E-state index contributed by atoms with van der Waals surface area (Å²) in [5.41, 5.74) is 4.96. The van der Waals surface area contributed by atoms with Gasteiger partial charge in [0.1, 0.15) is 12.2 Å². The summed E-state index contributed by atoms with van der Waals surface area (Å²) < 4.78 is 17.5. The van der Waals surface area contributed by atoms with Gasteiger partial charge in [-0.2, -0.15) is 0 Å². The summed E-state index contributed by atoms with van der Waals surface area (Å²) in [4.78, 5) is 25.2. The van der Waals surface area contributed by atoms with Gasteiger partial charge in [0, 0.05) is 19.3 Å². The zero-order chi connectivity index (χ0) is 62.5. The molecule has 0 aliphatic heterocycles. The van der Waals surface area contributed by atoms with Gasteiger partial charge in [-0.25, -0.2) is 4.79 Å². The van der Waals surface area contributed by atoms with Crippen LogP contribution in [-0.4, -0.2) is 30.9 Å². The zero-order valence-electron chi connectivity index (χ0n) is 59.5. The monoisotopic (exact) mass is 1210 g/mol. The zero-order valence-corrected chi connectivity index (χ0v) is 59.5. The van der Waals surface area contributed by atoms with Gasteiger partial charge >= 0.3 is 12.1 Å². The van der Waals surface area contributed by atoms with Crippen LogP contribution in [0.5, 0.6) is 0 Å². The van der Waals surface area contributed by atoms with Gasteiger partial charge in [0.15, 0.2) is 0 Å². The minimum atomic E-state index is -0.441. The Kier molecular flexibility index (Phi) is 29.8. The van der Waals surface area contributed by atoms with Crippen LogP contribution < -0.4 is 0 Å². The van der Waals surface area contributed by atoms with E-state index in [0.29, 0.717) is 34.7 Å². The average Bonchev–Trinajstić information content (AvgIpc) is 1.73. The molecule has 87 heavy (non-hydrogen) atoms. The lowest BCUT2D eigenvalue weighted by molar-refractivity contribution is -0.151. The van der Waals surface area contributed by atoms with E-state index in [-0.39, 0.29) is 18.2 Å². The number of unbranched alkanes of at least 4 members (excludes halogenated alkanes) is 17. The first-order valence-corrected chi connectivity index (χ1v) is 38.9. The molecule has 0 aromatic carbocycles. The van der Waals surface area contributed by atoms with Gasteiger partial charge in [0.05, 0.1) is 6.61 Å². The molecule has 6 fully saturated rings. The third kappa shape index (κ3) is 19.8. The molecule has 0 N–H and O–H groups in total. The number of hydrogen-bond donors (Lipinski definition) is 0. The maximum Gasteiger partial charge on any atom is 0.508 e. The third-order valence-electron chi connectivity index (χ3n) is 26.7. The van der Waals surface area contributed by atoms with E-state index in [9.17, 15) is 9.59 Å². The molecule has 8 unspecified atom stereocenters. The third-order valence-corrected chi connectivity index (χ3v) is 26.7. The molecule has 500 valence electrons. The van der Waals surface area contributed by atoms with Crippen LogP contribution in [0.25, 0.3) is 0 Å². The Morgan fingerprint density at radius 1 is 0.471 bits per heavy atom. The van der Waals surface area contributed by atoms with Crippen molar-refractivity contribution in [2.75, 3.05) is 6.61 Å². The first-order chi connectivity index (χ1) is 41.9. The SMILES string of the molecule is CCCCCCCC/C=C\CCCCCCCCOC(=O)OC1CC[C@@]2(C)C(=CCC3C2CC[C@@]2(C)C3CC[C@@H]2[C@H](C)CCCC(C)C)C1.CCCCCCCCC(=O)OC1CC[C@@]2(C)C(=CCC3C2CC[C@@]2(C)C3CC[C@@H]2[C@H](C)CCCC(C)C)C1. The highest BCUT2D eigenvalue weighted by Gasteiger charge is 2.61. The maximum atomic E-state index is 12.6. The molecule has 0 aromatic rings. The predicted octanol–water partition coefficient (Wildman–Crippen LogP) is 25.3. The highest BCUT2D eigenvalue weighted by Crippen LogP contribution is 2.69. The van der Waals surface area contributed by atoms with Gasteiger partial charge in [-0.1, -0.05) is 247 Å². The highest BCUT2D eigenvalue weighted by atomic mass is 16.7. The van der Waals surface area contributed by atoms with Crippen molar-refractivity contribution in [3.05, 3.63) is 35.5 Å². The van der Waals surface area contributed by atoms with Crippen LogP contribution in [-0.2, 0) is 19.0 Å². The molecule has 8 aliphatic carbocycles. The molecular weight excluding hydrogens is 1060 g/mol. The van der Waals surface area contributed by atoms with Gasteiger partial charge in [-0.3, -0.25) is 4.79 Å². The molecule has 0 heterocycles. The van der Waals surface area contributed by atoms with Gasteiger partial charge in [0.25, 0.3) is 0 Å². The lowest BCUT2D eigenvalue weighted by atomic mass is 9.47. The Morgan fingerprint density at radius 2 is 0.897 bits per heavy atom. The molecular formula is C82H142O5. The quantitative estimate of drug-likeness (QED) is 0.0359. The Morgan fingerprint density at radius 3 is 1.36 bits per heavy atom. The minimum Gasteiger partial charge on any atom is -0.462 e. The standard InChI is InChI=1S/C46H80O3.C36H62O2/c1-7-8-9-10-11-12-13-14-15-16-17-18-19-20-21-22-34-48-44(47)49-39-30-32-45(5)38(35-39)26-27-40-42-29-28-41(37(4)25-23-24-36(2)3)46(42,6)33-31-43(40)45;1-7-8-9-10-11-12-16-34(37)38-29-21-23-35(5)28(25-29)17-18-30-32-20-19-31(27(4)15-13-14-26(2)3)36(32,6)24-22-33(30)35/h14-15,26,36-37,39-43H,7-13,16-25,27-35H2,1-6H3;17,26-27,29-33H,7-16,18-25H2,1-6H3/b15-14-;/t37-,39?,40?,41-,42?,43?,45+,46-;27-,29?,30?,31-,32?,33?,35+,36-/m11/s1. The number of carbonyl (C=O) groups is 2. The lowest BCUT2D eigenvalue weighted by Crippen LogP contribution is -2.51. The maximum absolute atomic E-state index is 12.6. The Balaban J connectivity index is 0.000000256. The highest BCUT2D eigenvalue weighted by molar-refractivity contribution is 5.69. The van der Waals surface area contributed by atoms with Crippen LogP contribution >= 0.6 is 0 Å². The summed E-state index contributed by atoms with van der Waals surface area (Å²) in [6.07, 6.45) is 64.5. The second-order valence-corrected chi connectivity index (χ2v) is 33.5. The molecule has 16 atom stereocenters. The summed E-state index contributed by atoms with van der Waals surface area (Å²) >= 11 is 0. The van der Waals surface area contributed by atoms with Crippen LogP contribution in [0, 0.1) is 92.7 Å². The molecule has 0 bridgehead atoms. The fraction of sp³-hybridized carbons (Fsp3) is 0.902. The van der Waals surface area contributed by atoms with E-state index in [1.54, 1.807) is 11.1 Å². The van der Waals surface area contributed by atoms with E-state index in [1.165, 1.54) is 218 Å². The summed E-state index contributed by atoms with van der Waals surface area (Å²) in [5.74, 6) is 10.5. The number of hydrogen-bond acceptors (Lipinski definition) is 5. The molecule has 0 aromatic heterocycles. The number of fused-ring (bicyclic) bond motifs is 10. The fourth-order valence-electron chi connectivity index (χ4n) is 21.5. The van der Waals surface area contributed by atoms with Crippen molar-refractivity contribution in [3.8, 4) is 0 Å². The Labute approximate surface area is 539 Å². The van der Waals surface area contributed by atoms with Gasteiger partial charge in [-0.15, -0.1) is 0 Å². The summed E-state index contributed by atoms with van der Waals surface area (Å²) in [6, 6.07) is 0. The molecule has 5 heteroatoms. The van der Waals surface area contributed by atoms with E-state index in [2.05, 4.69) is 107 Å². The molecule has 8 rings (SSSR count). The van der Waals surface area contributed by atoms with Gasteiger partial charge in [0.2, 0.25) is 0 Å². The Bertz CT molecular complexity index is 2100. The molecule has 6 saturated carbocycles. The van der Waals surface area contributed by atoms with Crippen LogP contribution in [0.2, 0.25) is 0 Å². The van der Waals surface area contributed by atoms with Crippen molar-refractivity contribution < 1.29 is 23.8 Å². The minimum absolute atomic E-state index is 0.0142. The first-order valence-electron chi connectivity index (χ1n) is 38.9. The second kappa shape index (κ2) is 35.8. The van der Waals surface area contributed by atoms with Crippen molar-refractivity contribution in [1.82, 2.24) is 0 Å². The predicted molar refractivity (Wildman–Crippen MR) is 370 cm³/mol. The molecule has 0 radical (unpaired) electrons. The normalized spacial score (nSPS) is 34.1. The molecule has 0 spiro atoms. The average molecular weight is 1210 g/mol. The fourth-order valence-corrected chi connectivity index (χ4v) is 21.5. The number of rotatable bonds is 35. The smallest absolute Gasteiger partial charge is 0.462 e. The van der Waals surface area contributed by atoms with Gasteiger partial charge in [-0.05, 0) is 221 Å². The number of allylic oxidation sites excluding steroid dienone is 4. The second-order valence-electron chi connectivity index (χ2n) is 33.5. The number of esters is 1. The molecule has 0 amide bonds. The topological polar surface area (TPSA) is 61.8 Å². The van der Waals surface area contributed by atoms with Crippen molar-refractivity contribution >= 4 is 12.1 Å². The summed E-state index contributed by atoms with van der Waals surface area (Å²) in [7, 11) is 0. The van der Waals surface area contributed by atoms with Crippen LogP contribution in [0.3, 0.4) is 0 Å². The largest absolute Gasteiger partial charge is 0.508 e. The van der Waals surface area contributed by atoms with Crippen molar-refractivity contribution in [2.45, 2.75) is 371 Å². The molecule has 8 aliphatic rings. The lowest BCUT2D eigenvalue weighted by Gasteiger charge is -2.58. The van der Waals surface area contributed by atoms with E-state index >= 15 is 0 Å². The van der Waals surface area contributed by atoms with Crippen molar-refractivity contribution in [2.24, 2.45) is 92.7 Å². The van der Waals surface area contributed by atoms with Gasteiger partial charge < -0.3 is 14.2 Å². The van der Waals surface area contributed by atoms with Crippen LogP contribution in [0.1, 0.15) is 359 Å². The van der Waals surface area contributed by atoms with E-state index in [0.717, 1.165) is 122 Å². The summed E-state index contributed by atoms with van der Waals surface area (Å²) in [5, 5.41) is 0. The molecule has 0 saturated heterocycles. The molecule has 5 nitrogen and oxygen atoms in total.